The summed E-state index contributed by atoms with van der Waals surface area (Å²) in [5.74, 6) is 1.45. The van der Waals surface area contributed by atoms with E-state index in [2.05, 4.69) is 27.6 Å². The van der Waals surface area contributed by atoms with Gasteiger partial charge in [0.25, 0.3) is 5.56 Å². The first kappa shape index (κ1) is 23.6. The molecule has 2 aromatic carbocycles. The summed E-state index contributed by atoms with van der Waals surface area (Å²) in [5, 5.41) is 0. The van der Waals surface area contributed by atoms with E-state index in [1.54, 1.807) is 37.7 Å². The van der Waals surface area contributed by atoms with Gasteiger partial charge in [0.05, 0.1) is 39.1 Å². The van der Waals surface area contributed by atoms with Crippen molar-refractivity contribution in [3.05, 3.63) is 82.1 Å². The Hall–Kier alpha value is -3.12. The van der Waals surface area contributed by atoms with E-state index in [1.807, 2.05) is 30.3 Å². The van der Waals surface area contributed by atoms with Gasteiger partial charge < -0.3 is 18.9 Å². The largest absolute Gasteiger partial charge is 0.496 e. The van der Waals surface area contributed by atoms with Crippen LogP contribution in [0, 0.1) is 3.57 Å². The molecule has 0 radical (unpaired) electrons. The van der Waals surface area contributed by atoms with Gasteiger partial charge in [-0.2, -0.15) is 0 Å². The summed E-state index contributed by atoms with van der Waals surface area (Å²) in [4.78, 5) is 31.8. The van der Waals surface area contributed by atoms with Gasteiger partial charge in [0.15, 0.2) is 16.3 Å². The van der Waals surface area contributed by atoms with E-state index in [-0.39, 0.29) is 19.0 Å². The van der Waals surface area contributed by atoms with Gasteiger partial charge in [0.1, 0.15) is 5.75 Å². The smallest absolute Gasteiger partial charge is 0.338 e. The number of carbonyl (C=O) groups is 1. The van der Waals surface area contributed by atoms with Gasteiger partial charge in [-0.05, 0) is 77.9 Å². The molecular weight excluding hydrogens is 583 g/mol. The SMILES string of the molecule is CCOC(=O)C1=C(C)N=c2sc(=Cc3ccc(OC)c(I)c3)c(=O)n2C1c1ccc2c(c1)OCO2. The third-order valence-corrected chi connectivity index (χ3v) is 7.53. The summed E-state index contributed by atoms with van der Waals surface area (Å²) in [6.45, 7) is 3.84. The number of ether oxygens (including phenoxy) is 4. The molecular formula is C25H21IN2O6S. The zero-order valence-corrected chi connectivity index (χ0v) is 22.1. The maximum atomic E-state index is 13.7. The quantitative estimate of drug-likeness (QED) is 0.329. The van der Waals surface area contributed by atoms with E-state index in [9.17, 15) is 9.59 Å². The first-order valence-electron chi connectivity index (χ1n) is 10.8. The van der Waals surface area contributed by atoms with Gasteiger partial charge >= 0.3 is 5.97 Å². The Morgan fingerprint density at radius 2 is 2.06 bits per heavy atom. The van der Waals surface area contributed by atoms with E-state index in [4.69, 9.17) is 18.9 Å². The van der Waals surface area contributed by atoms with Crippen LogP contribution in [0.3, 0.4) is 0 Å². The summed E-state index contributed by atoms with van der Waals surface area (Å²) >= 11 is 3.48. The van der Waals surface area contributed by atoms with Gasteiger partial charge in [-0.15, -0.1) is 0 Å². The number of aromatic nitrogens is 1. The molecule has 0 amide bonds. The second-order valence-corrected chi connectivity index (χ2v) is 9.98. The summed E-state index contributed by atoms with van der Waals surface area (Å²) in [7, 11) is 1.62. The van der Waals surface area contributed by atoms with Crippen LogP contribution in [0.25, 0.3) is 6.08 Å². The molecule has 0 fully saturated rings. The fourth-order valence-corrected chi connectivity index (χ4v) is 5.92. The number of methoxy groups -OCH3 is 1. The van der Waals surface area contributed by atoms with Crippen molar-refractivity contribution >= 4 is 46.0 Å². The van der Waals surface area contributed by atoms with Crippen LogP contribution in [0.4, 0.5) is 0 Å². The minimum atomic E-state index is -0.710. The number of hydrogen-bond acceptors (Lipinski definition) is 8. The normalized spacial score (nSPS) is 16.7. The molecule has 1 unspecified atom stereocenters. The van der Waals surface area contributed by atoms with Crippen LogP contribution in [0.5, 0.6) is 17.2 Å². The molecule has 3 heterocycles. The van der Waals surface area contributed by atoms with E-state index < -0.39 is 12.0 Å². The zero-order chi connectivity index (χ0) is 24.7. The Labute approximate surface area is 218 Å². The number of fused-ring (bicyclic) bond motifs is 2. The maximum absolute atomic E-state index is 13.7. The Morgan fingerprint density at radius 3 is 2.80 bits per heavy atom. The van der Waals surface area contributed by atoms with Crippen molar-refractivity contribution in [3.8, 4) is 17.2 Å². The average Bonchev–Trinajstić information content (AvgIpc) is 3.42. The lowest BCUT2D eigenvalue weighted by Crippen LogP contribution is -2.39. The Bertz CT molecular complexity index is 1550. The van der Waals surface area contributed by atoms with Crippen molar-refractivity contribution in [3.63, 3.8) is 0 Å². The summed E-state index contributed by atoms with van der Waals surface area (Å²) < 4.78 is 24.7. The lowest BCUT2D eigenvalue weighted by atomic mass is 9.95. The highest BCUT2D eigenvalue weighted by atomic mass is 127. The van der Waals surface area contributed by atoms with Crippen molar-refractivity contribution in [2.75, 3.05) is 20.5 Å². The molecule has 8 nitrogen and oxygen atoms in total. The van der Waals surface area contributed by atoms with Crippen molar-refractivity contribution in [1.82, 2.24) is 4.57 Å². The third-order valence-electron chi connectivity index (χ3n) is 5.70. The highest BCUT2D eigenvalue weighted by Crippen LogP contribution is 2.38. The van der Waals surface area contributed by atoms with E-state index in [0.717, 1.165) is 14.9 Å². The van der Waals surface area contributed by atoms with Crippen LogP contribution in [-0.2, 0) is 9.53 Å². The number of thiazole rings is 1. The predicted octanol–water partition coefficient (Wildman–Crippen LogP) is 3.14. The Kier molecular flexibility index (Phi) is 6.41. The van der Waals surface area contributed by atoms with Crippen LogP contribution in [0.1, 0.15) is 31.0 Å². The van der Waals surface area contributed by atoms with Crippen molar-refractivity contribution in [1.29, 1.82) is 0 Å². The van der Waals surface area contributed by atoms with Crippen LogP contribution < -0.4 is 29.1 Å². The van der Waals surface area contributed by atoms with Gasteiger partial charge in [0, 0.05) is 0 Å². The monoisotopic (exact) mass is 604 g/mol. The average molecular weight is 604 g/mol. The van der Waals surface area contributed by atoms with Crippen LogP contribution in [0.15, 0.2) is 57.5 Å². The van der Waals surface area contributed by atoms with Crippen LogP contribution in [0.2, 0.25) is 0 Å². The molecule has 10 heteroatoms. The first-order chi connectivity index (χ1) is 16.9. The summed E-state index contributed by atoms with van der Waals surface area (Å²) in [5.41, 5.74) is 2.16. The second kappa shape index (κ2) is 9.50. The zero-order valence-electron chi connectivity index (χ0n) is 19.2. The number of hydrogen-bond donors (Lipinski definition) is 0. The molecule has 0 spiro atoms. The molecule has 0 saturated carbocycles. The Morgan fingerprint density at radius 1 is 1.26 bits per heavy atom. The maximum Gasteiger partial charge on any atom is 0.338 e. The fraction of sp³-hybridized carbons (Fsp3) is 0.240. The molecule has 1 aromatic heterocycles. The molecule has 0 bridgehead atoms. The number of halogens is 1. The molecule has 1 atom stereocenters. The van der Waals surface area contributed by atoms with Gasteiger partial charge in [-0.1, -0.05) is 23.5 Å². The van der Waals surface area contributed by atoms with Crippen molar-refractivity contribution in [2.24, 2.45) is 4.99 Å². The van der Waals surface area contributed by atoms with Crippen molar-refractivity contribution < 1.29 is 23.7 Å². The standard InChI is InChI=1S/C25H21IN2O6S/c1-4-32-24(30)21-13(2)27-25-28(22(21)15-6-8-18-19(11-15)34-12-33-18)23(29)20(35-25)10-14-5-7-17(31-3)16(26)9-14/h5-11,22H,4,12H2,1-3H3. The fourth-order valence-electron chi connectivity index (χ4n) is 4.11. The molecule has 180 valence electrons. The second-order valence-electron chi connectivity index (χ2n) is 7.81. The van der Waals surface area contributed by atoms with Crippen LogP contribution in [-0.4, -0.2) is 31.0 Å². The number of esters is 1. The number of rotatable bonds is 5. The molecule has 0 N–H and O–H groups in total. The minimum absolute atomic E-state index is 0.127. The van der Waals surface area contributed by atoms with Gasteiger partial charge in [-0.25, -0.2) is 9.79 Å². The topological polar surface area (TPSA) is 88.4 Å². The highest BCUT2D eigenvalue weighted by Gasteiger charge is 2.34. The summed E-state index contributed by atoms with van der Waals surface area (Å²) in [6.07, 6.45) is 1.82. The number of carbonyl (C=O) groups excluding carboxylic acids is 1. The lowest BCUT2D eigenvalue weighted by Gasteiger charge is -2.24. The highest BCUT2D eigenvalue weighted by molar-refractivity contribution is 14.1. The first-order valence-corrected chi connectivity index (χ1v) is 12.7. The molecule has 2 aliphatic heterocycles. The molecule has 0 aliphatic carbocycles. The Balaban J connectivity index is 1.70. The van der Waals surface area contributed by atoms with E-state index in [0.29, 0.717) is 37.7 Å². The van der Waals surface area contributed by atoms with E-state index >= 15 is 0 Å². The predicted molar refractivity (Wildman–Crippen MR) is 139 cm³/mol. The molecule has 35 heavy (non-hydrogen) atoms. The minimum Gasteiger partial charge on any atom is -0.496 e. The van der Waals surface area contributed by atoms with Gasteiger partial charge in [0.2, 0.25) is 6.79 Å². The molecule has 3 aromatic rings. The number of nitrogens with zero attached hydrogens (tertiary/aromatic N) is 2. The number of benzene rings is 2. The molecule has 0 saturated heterocycles. The third kappa shape index (κ3) is 4.25. The van der Waals surface area contributed by atoms with Gasteiger partial charge in [-0.3, -0.25) is 9.36 Å². The molecule has 5 rings (SSSR count). The lowest BCUT2D eigenvalue weighted by molar-refractivity contribution is -0.139. The van der Waals surface area contributed by atoms with Crippen molar-refractivity contribution in [2.45, 2.75) is 19.9 Å². The summed E-state index contributed by atoms with van der Waals surface area (Å²) in [6, 6.07) is 10.4. The number of allylic oxidation sites excluding steroid dienone is 1. The van der Waals surface area contributed by atoms with Crippen LogP contribution >= 0.6 is 33.9 Å². The molecule has 2 aliphatic rings. The van der Waals surface area contributed by atoms with E-state index in [1.165, 1.54) is 11.3 Å².